The van der Waals surface area contributed by atoms with Gasteiger partial charge in [0, 0.05) is 18.4 Å². The average molecular weight is 440 g/mol. The van der Waals surface area contributed by atoms with E-state index in [-0.39, 0.29) is 35.8 Å². The van der Waals surface area contributed by atoms with Crippen LogP contribution in [0.25, 0.3) is 5.69 Å². The lowest BCUT2D eigenvalue weighted by Gasteiger charge is -2.29. The molecule has 0 aromatic carbocycles. The monoisotopic (exact) mass is 440 g/mol. The number of nitrogens with one attached hydrogen (secondary N) is 1. The third-order valence-electron chi connectivity index (χ3n) is 5.22. The predicted molar refractivity (Wildman–Crippen MR) is 109 cm³/mol. The van der Waals surface area contributed by atoms with Crippen molar-refractivity contribution in [2.75, 3.05) is 0 Å². The second-order valence-corrected chi connectivity index (χ2v) is 7.54. The van der Waals surface area contributed by atoms with E-state index in [1.165, 1.54) is 29.3 Å². The molecule has 4 rings (SSSR count). The molecular formula is C21H21FN6O4. The molecule has 0 radical (unpaired) electrons. The molecule has 166 valence electrons. The second kappa shape index (κ2) is 9.60. The summed E-state index contributed by atoms with van der Waals surface area (Å²) in [6.45, 7) is 0.267. The summed E-state index contributed by atoms with van der Waals surface area (Å²) in [5.41, 5.74) is 1.37. The number of carboxylic acid groups (broad SMARTS) is 1. The van der Waals surface area contributed by atoms with E-state index in [2.05, 4.69) is 25.6 Å². The molecule has 3 aromatic rings. The smallest absolute Gasteiger partial charge is 0.337 e. The number of carbonyl (C=O) groups excluding carboxylic acids is 1. The molecule has 32 heavy (non-hydrogen) atoms. The van der Waals surface area contributed by atoms with Crippen LogP contribution in [0.1, 0.15) is 52.1 Å². The third kappa shape index (κ3) is 5.30. The van der Waals surface area contributed by atoms with Gasteiger partial charge < -0.3 is 15.2 Å². The zero-order valence-corrected chi connectivity index (χ0v) is 17.0. The Morgan fingerprint density at radius 2 is 1.84 bits per heavy atom. The Morgan fingerprint density at radius 3 is 2.59 bits per heavy atom. The van der Waals surface area contributed by atoms with E-state index >= 15 is 0 Å². The van der Waals surface area contributed by atoms with Crippen molar-refractivity contribution in [3.05, 3.63) is 65.8 Å². The van der Waals surface area contributed by atoms with E-state index in [0.29, 0.717) is 11.4 Å². The van der Waals surface area contributed by atoms with Gasteiger partial charge in [0.05, 0.1) is 48.1 Å². The van der Waals surface area contributed by atoms with Crippen LogP contribution in [-0.2, 0) is 11.3 Å². The first-order valence-corrected chi connectivity index (χ1v) is 10.1. The number of ether oxygens (including phenoxy) is 1. The number of hydrogen-bond acceptors (Lipinski definition) is 7. The Balaban J connectivity index is 1.25. The molecule has 3 heterocycles. The topological polar surface area (TPSA) is 132 Å². The first-order chi connectivity index (χ1) is 15.5. The van der Waals surface area contributed by atoms with Crippen molar-refractivity contribution in [2.24, 2.45) is 0 Å². The number of rotatable bonds is 7. The molecule has 0 spiro atoms. The quantitative estimate of drug-likeness (QED) is 0.571. The largest absolute Gasteiger partial charge is 0.478 e. The Kier molecular flexibility index (Phi) is 6.45. The van der Waals surface area contributed by atoms with Gasteiger partial charge in [-0.05, 0) is 37.8 Å². The number of nitrogens with zero attached hydrogens (tertiary/aromatic N) is 5. The van der Waals surface area contributed by atoms with Crippen LogP contribution in [-0.4, -0.2) is 54.1 Å². The van der Waals surface area contributed by atoms with E-state index in [0.717, 1.165) is 37.9 Å². The molecule has 1 aliphatic rings. The highest BCUT2D eigenvalue weighted by atomic mass is 19.1. The lowest BCUT2D eigenvalue weighted by molar-refractivity contribution is 0.00980. The van der Waals surface area contributed by atoms with Crippen LogP contribution in [0.15, 0.2) is 43.1 Å². The highest BCUT2D eigenvalue weighted by Gasteiger charge is 2.24. The molecule has 0 aliphatic heterocycles. The van der Waals surface area contributed by atoms with E-state index in [9.17, 15) is 14.0 Å². The van der Waals surface area contributed by atoms with Gasteiger partial charge in [-0.3, -0.25) is 14.8 Å². The minimum Gasteiger partial charge on any atom is -0.478 e. The first kappa shape index (κ1) is 21.5. The maximum absolute atomic E-state index is 13.2. The standard InChI is InChI=1S/C21H21FN6O4/c22-15-5-13(7-23-9-15)20(29)25-16-1-3-19(4-2-16)32-12-17-11-28(27-26-17)18-6-14(21(30)31)8-24-10-18/h5-11,16,19H,1-4,12H2,(H,25,29)(H,30,31). The fraction of sp³-hybridized carbons (Fsp3) is 0.333. The molecule has 0 atom stereocenters. The number of carboxylic acids is 1. The summed E-state index contributed by atoms with van der Waals surface area (Å²) in [5.74, 6) is -1.95. The normalized spacial score (nSPS) is 18.3. The van der Waals surface area contributed by atoms with Crippen LogP contribution in [0.5, 0.6) is 0 Å². The van der Waals surface area contributed by atoms with Crippen LogP contribution in [0.2, 0.25) is 0 Å². The molecule has 1 aliphatic carbocycles. The van der Waals surface area contributed by atoms with Gasteiger partial charge in [-0.1, -0.05) is 5.21 Å². The maximum atomic E-state index is 13.2. The van der Waals surface area contributed by atoms with Crippen molar-refractivity contribution in [3.8, 4) is 5.69 Å². The number of carbonyl (C=O) groups is 2. The van der Waals surface area contributed by atoms with Crippen molar-refractivity contribution in [3.63, 3.8) is 0 Å². The van der Waals surface area contributed by atoms with Crippen molar-refractivity contribution in [1.82, 2.24) is 30.3 Å². The van der Waals surface area contributed by atoms with Crippen LogP contribution < -0.4 is 5.32 Å². The summed E-state index contributed by atoms with van der Waals surface area (Å²) in [6, 6.07) is 2.63. The summed E-state index contributed by atoms with van der Waals surface area (Å²) in [7, 11) is 0. The van der Waals surface area contributed by atoms with Crippen LogP contribution >= 0.6 is 0 Å². The molecule has 1 fully saturated rings. The second-order valence-electron chi connectivity index (χ2n) is 7.54. The Hall–Kier alpha value is -3.73. The molecule has 0 unspecified atom stereocenters. The van der Waals surface area contributed by atoms with E-state index in [4.69, 9.17) is 9.84 Å². The Bertz CT molecular complexity index is 1110. The lowest BCUT2D eigenvalue weighted by Crippen LogP contribution is -2.39. The third-order valence-corrected chi connectivity index (χ3v) is 5.22. The average Bonchev–Trinajstić information content (AvgIpc) is 3.28. The van der Waals surface area contributed by atoms with Gasteiger partial charge >= 0.3 is 5.97 Å². The SMILES string of the molecule is O=C(O)c1cncc(-n2cc(COC3CCC(NC(=O)c4cncc(F)c4)CC3)nn2)c1. The number of halogens is 1. The number of aromatic carboxylic acids is 1. The van der Waals surface area contributed by atoms with E-state index in [1.807, 2.05) is 0 Å². The minimum absolute atomic E-state index is 0.000467. The lowest BCUT2D eigenvalue weighted by atomic mass is 9.92. The molecular weight excluding hydrogens is 419 g/mol. The van der Waals surface area contributed by atoms with Crippen molar-refractivity contribution < 1.29 is 23.8 Å². The predicted octanol–water partition coefficient (Wildman–Crippen LogP) is 2.15. The first-order valence-electron chi connectivity index (χ1n) is 10.1. The molecule has 1 amide bonds. The Labute approximate surface area is 182 Å². The van der Waals surface area contributed by atoms with Gasteiger partial charge in [-0.15, -0.1) is 5.10 Å². The van der Waals surface area contributed by atoms with Gasteiger partial charge in [0.2, 0.25) is 0 Å². The zero-order valence-electron chi connectivity index (χ0n) is 17.0. The molecule has 10 nitrogen and oxygen atoms in total. The zero-order chi connectivity index (χ0) is 22.5. The van der Waals surface area contributed by atoms with Gasteiger partial charge in [-0.25, -0.2) is 13.9 Å². The summed E-state index contributed by atoms with van der Waals surface area (Å²) < 4.78 is 20.6. The highest BCUT2D eigenvalue weighted by Crippen LogP contribution is 2.22. The molecule has 1 saturated carbocycles. The Morgan fingerprint density at radius 1 is 1.09 bits per heavy atom. The fourth-order valence-electron chi connectivity index (χ4n) is 3.54. The van der Waals surface area contributed by atoms with Crippen molar-refractivity contribution >= 4 is 11.9 Å². The summed E-state index contributed by atoms with van der Waals surface area (Å²) >= 11 is 0. The number of pyridine rings is 2. The summed E-state index contributed by atoms with van der Waals surface area (Å²) in [4.78, 5) is 30.9. The molecule has 0 bridgehead atoms. The molecule has 3 aromatic heterocycles. The number of aromatic nitrogens is 5. The number of hydrogen-bond donors (Lipinski definition) is 2. The van der Waals surface area contributed by atoms with E-state index < -0.39 is 11.8 Å². The van der Waals surface area contributed by atoms with Gasteiger partial charge in [-0.2, -0.15) is 0 Å². The van der Waals surface area contributed by atoms with Gasteiger partial charge in [0.25, 0.3) is 5.91 Å². The van der Waals surface area contributed by atoms with Crippen LogP contribution in [0, 0.1) is 5.82 Å². The van der Waals surface area contributed by atoms with E-state index in [1.54, 1.807) is 6.20 Å². The highest BCUT2D eigenvalue weighted by molar-refractivity contribution is 5.94. The fourth-order valence-corrected chi connectivity index (χ4v) is 3.54. The van der Waals surface area contributed by atoms with Crippen molar-refractivity contribution in [2.45, 2.75) is 44.4 Å². The summed E-state index contributed by atoms with van der Waals surface area (Å²) in [6.07, 6.45) is 9.90. The van der Waals surface area contributed by atoms with Crippen molar-refractivity contribution in [1.29, 1.82) is 0 Å². The van der Waals surface area contributed by atoms with Crippen LogP contribution in [0.3, 0.4) is 0 Å². The van der Waals surface area contributed by atoms with Gasteiger partial charge in [0.1, 0.15) is 11.5 Å². The summed E-state index contributed by atoms with van der Waals surface area (Å²) in [5, 5.41) is 20.1. The molecule has 0 saturated heterocycles. The molecule has 11 heteroatoms. The molecule has 2 N–H and O–H groups in total. The number of amides is 1. The minimum atomic E-state index is -1.07. The maximum Gasteiger partial charge on any atom is 0.337 e. The van der Waals surface area contributed by atoms with Crippen LogP contribution in [0.4, 0.5) is 4.39 Å². The van der Waals surface area contributed by atoms with Gasteiger partial charge in [0.15, 0.2) is 0 Å².